The number of nitrogens with zero attached hydrogens (tertiary/aromatic N) is 2. The third-order valence-electron chi connectivity index (χ3n) is 10.3. The Kier molecular flexibility index (Phi) is 7.10. The van der Waals surface area contributed by atoms with Gasteiger partial charge in [-0.15, -0.1) is 0 Å². The van der Waals surface area contributed by atoms with Gasteiger partial charge in [0.2, 0.25) is 0 Å². The average molecular weight is 579 g/mol. The molecule has 6 rings (SSSR count). The molecule has 1 amide bonds. The summed E-state index contributed by atoms with van der Waals surface area (Å²) in [5, 5.41) is 0.471. The Morgan fingerprint density at radius 2 is 1.93 bits per heavy atom. The molecule has 2 aromatic rings. The van der Waals surface area contributed by atoms with E-state index in [0.29, 0.717) is 29.2 Å². The first-order valence-corrected chi connectivity index (χ1v) is 15.0. The number of fused-ring (bicyclic) bond motifs is 1. The zero-order chi connectivity index (χ0) is 29.1. The molecule has 2 aliphatic carbocycles. The summed E-state index contributed by atoms with van der Waals surface area (Å²) in [6.45, 7) is 5.27. The maximum absolute atomic E-state index is 14.1. The van der Waals surface area contributed by atoms with Crippen molar-refractivity contribution in [2.24, 2.45) is 5.92 Å². The topological polar surface area (TPSA) is 68.3 Å². The van der Waals surface area contributed by atoms with Gasteiger partial charge in [-0.1, -0.05) is 41.9 Å². The van der Waals surface area contributed by atoms with Crippen LogP contribution in [0, 0.1) is 12.8 Å². The fraction of sp³-hybridized carbons (Fsp3) is 0.515. The van der Waals surface area contributed by atoms with Crippen molar-refractivity contribution in [2.75, 3.05) is 27.7 Å². The molecule has 0 radical (unpaired) electrons. The van der Waals surface area contributed by atoms with E-state index in [-0.39, 0.29) is 23.2 Å². The minimum Gasteiger partial charge on any atom is -0.493 e. The molecule has 41 heavy (non-hydrogen) atoms. The van der Waals surface area contributed by atoms with Crippen molar-refractivity contribution < 1.29 is 23.8 Å². The van der Waals surface area contributed by atoms with Crippen molar-refractivity contribution in [2.45, 2.75) is 75.2 Å². The number of likely N-dealkylation sites (N-methyl/N-ethyl adjacent to an activating group) is 1. The van der Waals surface area contributed by atoms with Gasteiger partial charge in [-0.05, 0) is 76.9 Å². The minimum absolute atomic E-state index is 0.0129. The van der Waals surface area contributed by atoms with Crippen LogP contribution in [0.2, 0.25) is 5.02 Å². The van der Waals surface area contributed by atoms with Crippen LogP contribution in [0.1, 0.15) is 55.7 Å². The Labute approximate surface area is 247 Å². The maximum Gasteiger partial charge on any atom is 0.411 e. The number of benzene rings is 2. The van der Waals surface area contributed by atoms with Crippen molar-refractivity contribution in [1.82, 2.24) is 9.80 Å². The summed E-state index contributed by atoms with van der Waals surface area (Å²) < 4.78 is 18.8. The molecular weight excluding hydrogens is 540 g/mol. The number of ketones is 1. The molecule has 1 saturated heterocycles. The third-order valence-corrected chi connectivity index (χ3v) is 10.6. The van der Waals surface area contributed by atoms with Crippen LogP contribution in [0.4, 0.5) is 4.79 Å². The second-order valence-electron chi connectivity index (χ2n) is 12.1. The Morgan fingerprint density at radius 3 is 2.66 bits per heavy atom. The summed E-state index contributed by atoms with van der Waals surface area (Å²) in [6.07, 6.45) is 5.92. The molecule has 0 bridgehead atoms. The molecule has 4 aliphatic rings. The van der Waals surface area contributed by atoms with E-state index in [2.05, 4.69) is 37.9 Å². The van der Waals surface area contributed by atoms with Gasteiger partial charge in [0.25, 0.3) is 0 Å². The Balaban J connectivity index is 1.39. The Hall–Kier alpha value is -3.03. The summed E-state index contributed by atoms with van der Waals surface area (Å²) >= 11 is 6.64. The number of rotatable bonds is 4. The molecule has 0 N–H and O–H groups in total. The molecule has 8 heteroatoms. The van der Waals surface area contributed by atoms with Crippen molar-refractivity contribution in [3.8, 4) is 11.5 Å². The number of aryl methyl sites for hydroxylation is 1. The van der Waals surface area contributed by atoms with Gasteiger partial charge < -0.3 is 19.1 Å². The van der Waals surface area contributed by atoms with E-state index in [0.717, 1.165) is 42.7 Å². The van der Waals surface area contributed by atoms with Gasteiger partial charge in [0, 0.05) is 47.0 Å². The lowest BCUT2D eigenvalue weighted by molar-refractivity contribution is -0.134. The lowest BCUT2D eigenvalue weighted by Crippen LogP contribution is -2.63. The van der Waals surface area contributed by atoms with E-state index < -0.39 is 23.8 Å². The van der Waals surface area contributed by atoms with Gasteiger partial charge in [-0.3, -0.25) is 9.69 Å². The van der Waals surface area contributed by atoms with Crippen LogP contribution >= 0.6 is 11.6 Å². The van der Waals surface area contributed by atoms with E-state index in [1.807, 2.05) is 30.3 Å². The summed E-state index contributed by atoms with van der Waals surface area (Å²) in [4.78, 5) is 31.6. The van der Waals surface area contributed by atoms with Gasteiger partial charge in [0.1, 0.15) is 11.6 Å². The number of Topliss-reactive ketones (excluding diaryl/α,β-unsaturated/α-hetero) is 1. The molecule has 7 nitrogen and oxygen atoms in total. The van der Waals surface area contributed by atoms with E-state index >= 15 is 0 Å². The number of methoxy groups -OCH3 is 1. The van der Waals surface area contributed by atoms with Gasteiger partial charge in [-0.25, -0.2) is 4.79 Å². The lowest BCUT2D eigenvalue weighted by atomic mass is 9.57. The second-order valence-corrected chi connectivity index (χ2v) is 12.5. The van der Waals surface area contributed by atoms with Gasteiger partial charge in [0.15, 0.2) is 23.4 Å². The van der Waals surface area contributed by atoms with Crippen LogP contribution < -0.4 is 9.47 Å². The van der Waals surface area contributed by atoms with Crippen molar-refractivity contribution in [3.05, 3.63) is 70.3 Å². The lowest BCUT2D eigenvalue weighted by Gasteiger charge is -2.53. The standard InChI is InChI=1S/C33H39ClN2O5/c1-20-13-15-25(39-5)29-28(20)32-18-19-35(3)21(2)22(32)14-16-26(30(32)41-29)40-31(38)36(4)33(17-9-8-12-27(33)37)23-10-6-7-11-24(23)34/h6-7,10-11,13-16,21-22,26,30H,8-9,12,17-19H2,1-5H3/t21-,22+,26+,30+,32+,33?/m1/s1. The predicted molar refractivity (Wildman–Crippen MR) is 158 cm³/mol. The Morgan fingerprint density at radius 1 is 1.15 bits per heavy atom. The van der Waals surface area contributed by atoms with E-state index in [1.165, 1.54) is 4.90 Å². The first kappa shape index (κ1) is 28.1. The number of hydrogen-bond acceptors (Lipinski definition) is 6. The fourth-order valence-electron chi connectivity index (χ4n) is 8.06. The molecule has 218 valence electrons. The van der Waals surface area contributed by atoms with Crippen LogP contribution in [-0.4, -0.2) is 67.7 Å². The number of carbonyl (C=O) groups excluding carboxylic acids is 2. The highest BCUT2D eigenvalue weighted by atomic mass is 35.5. The first-order valence-electron chi connectivity index (χ1n) is 14.6. The highest BCUT2D eigenvalue weighted by Crippen LogP contribution is 2.60. The smallest absolute Gasteiger partial charge is 0.411 e. The molecule has 2 aliphatic heterocycles. The highest BCUT2D eigenvalue weighted by Gasteiger charge is 2.62. The number of piperidine rings is 1. The van der Waals surface area contributed by atoms with Crippen molar-refractivity contribution >= 4 is 23.5 Å². The number of hydrogen-bond donors (Lipinski definition) is 0. The zero-order valence-corrected chi connectivity index (χ0v) is 25.2. The maximum atomic E-state index is 14.1. The number of halogens is 1. The van der Waals surface area contributed by atoms with Crippen LogP contribution in [0.15, 0.2) is 48.6 Å². The molecular formula is C33H39ClN2O5. The number of likely N-dealkylation sites (tertiary alicyclic amines) is 1. The third kappa shape index (κ3) is 4.03. The summed E-state index contributed by atoms with van der Waals surface area (Å²) in [6, 6.07) is 11.6. The molecule has 2 fully saturated rings. The first-order chi connectivity index (χ1) is 19.7. The second kappa shape index (κ2) is 10.4. The van der Waals surface area contributed by atoms with Gasteiger partial charge >= 0.3 is 6.09 Å². The minimum atomic E-state index is -1.17. The van der Waals surface area contributed by atoms with Crippen LogP contribution in [-0.2, 0) is 20.5 Å². The van der Waals surface area contributed by atoms with Crippen molar-refractivity contribution in [1.29, 1.82) is 0 Å². The number of carbonyl (C=O) groups is 2. The summed E-state index contributed by atoms with van der Waals surface area (Å²) in [7, 11) is 5.48. The van der Waals surface area contributed by atoms with E-state index in [1.54, 1.807) is 20.2 Å². The average Bonchev–Trinajstić information content (AvgIpc) is 3.33. The van der Waals surface area contributed by atoms with E-state index in [9.17, 15) is 9.59 Å². The van der Waals surface area contributed by atoms with Crippen LogP contribution in [0.3, 0.4) is 0 Å². The molecule has 6 atom stereocenters. The molecule has 2 aromatic carbocycles. The molecule has 2 heterocycles. The zero-order valence-electron chi connectivity index (χ0n) is 24.5. The summed E-state index contributed by atoms with van der Waals surface area (Å²) in [5.41, 5.74) is 1.40. The van der Waals surface area contributed by atoms with Crippen molar-refractivity contribution in [3.63, 3.8) is 0 Å². The largest absolute Gasteiger partial charge is 0.493 e. The molecule has 1 unspecified atom stereocenters. The van der Waals surface area contributed by atoms with Crippen LogP contribution in [0.5, 0.6) is 11.5 Å². The number of amides is 1. The van der Waals surface area contributed by atoms with E-state index in [4.69, 9.17) is 25.8 Å². The monoisotopic (exact) mass is 578 g/mol. The quantitative estimate of drug-likeness (QED) is 0.412. The van der Waals surface area contributed by atoms with Gasteiger partial charge in [0.05, 0.1) is 7.11 Å². The fourth-order valence-corrected chi connectivity index (χ4v) is 8.35. The highest BCUT2D eigenvalue weighted by molar-refractivity contribution is 6.31. The number of ether oxygens (including phenoxy) is 3. The SMILES string of the molecule is COc1ccc(C)c2c1O[C@H]1[C@@H](OC(=O)N(C)C3(c4ccccc4Cl)CCCCC3=O)C=C[C@H]3[C@@H](C)N(C)CC[C@@]231. The predicted octanol–water partition coefficient (Wildman–Crippen LogP) is 6.04. The molecule has 1 saturated carbocycles. The van der Waals surface area contributed by atoms with Gasteiger partial charge in [-0.2, -0.15) is 0 Å². The molecule has 1 spiro atoms. The normalized spacial score (nSPS) is 32.4. The molecule has 0 aromatic heterocycles. The van der Waals surface area contributed by atoms with Crippen LogP contribution in [0.25, 0.3) is 0 Å². The Bertz CT molecular complexity index is 1410. The summed E-state index contributed by atoms with van der Waals surface area (Å²) in [5.74, 6) is 1.58.